The molecule has 1 amide bonds. The average molecular weight is 344 g/mol. The fourth-order valence-electron chi connectivity index (χ4n) is 2.36. The van der Waals surface area contributed by atoms with Crippen LogP contribution in [0.5, 0.6) is 0 Å². The Bertz CT molecular complexity index is 743. The molecule has 6 nitrogen and oxygen atoms in total. The van der Waals surface area contributed by atoms with Crippen molar-refractivity contribution in [3.05, 3.63) is 41.6 Å². The van der Waals surface area contributed by atoms with E-state index in [1.807, 2.05) is 45.0 Å². The highest BCUT2D eigenvalue weighted by Crippen LogP contribution is 2.18. The molecule has 0 aliphatic rings. The highest BCUT2D eigenvalue weighted by molar-refractivity contribution is 6.04. The van der Waals surface area contributed by atoms with E-state index in [0.29, 0.717) is 30.5 Å². The molecule has 0 atom stereocenters. The predicted molar refractivity (Wildman–Crippen MR) is 95.5 cm³/mol. The summed E-state index contributed by atoms with van der Waals surface area (Å²) in [5.74, 6) is -0.854. The number of carbonyl (C=O) groups is 2. The van der Waals surface area contributed by atoms with E-state index in [1.54, 1.807) is 6.07 Å². The van der Waals surface area contributed by atoms with Gasteiger partial charge in [-0.05, 0) is 39.3 Å². The van der Waals surface area contributed by atoms with Crippen LogP contribution in [0.4, 0.5) is 0 Å². The first-order chi connectivity index (χ1) is 12.0. The van der Waals surface area contributed by atoms with Crippen LogP contribution in [0.2, 0.25) is 0 Å². The third-order valence-electron chi connectivity index (χ3n) is 3.49. The molecule has 1 aromatic carbocycles. The molecular weight excluding hydrogens is 320 g/mol. The Kier molecular flexibility index (Phi) is 6.89. The zero-order valence-electron chi connectivity index (χ0n) is 14.9. The number of hydrogen-bond donors (Lipinski definition) is 1. The van der Waals surface area contributed by atoms with Crippen molar-refractivity contribution in [3.63, 3.8) is 0 Å². The number of nitrogens with zero attached hydrogens (tertiary/aromatic N) is 1. The van der Waals surface area contributed by atoms with E-state index in [4.69, 9.17) is 9.47 Å². The number of fused-ring (bicyclic) bond motifs is 1. The van der Waals surface area contributed by atoms with Crippen LogP contribution < -0.4 is 5.32 Å². The molecule has 6 heteroatoms. The summed E-state index contributed by atoms with van der Waals surface area (Å²) in [5.41, 5.74) is 1.87. The van der Waals surface area contributed by atoms with Crippen LogP contribution in [0, 0.1) is 6.92 Å². The molecule has 2 rings (SSSR count). The molecule has 0 aliphatic carbocycles. The number of para-hydroxylation sites is 1. The number of rotatable bonds is 8. The molecule has 1 aromatic heterocycles. The summed E-state index contributed by atoms with van der Waals surface area (Å²) in [6.45, 7) is 6.50. The van der Waals surface area contributed by atoms with Crippen molar-refractivity contribution in [3.8, 4) is 0 Å². The van der Waals surface area contributed by atoms with Crippen molar-refractivity contribution in [2.75, 3.05) is 19.8 Å². The maximum absolute atomic E-state index is 12.3. The molecule has 0 spiro atoms. The summed E-state index contributed by atoms with van der Waals surface area (Å²) in [5, 5.41) is 3.42. The molecule has 0 bridgehead atoms. The number of carbonyl (C=O) groups excluding carboxylic acids is 2. The van der Waals surface area contributed by atoms with E-state index < -0.39 is 5.97 Å². The van der Waals surface area contributed by atoms with Gasteiger partial charge in [0.2, 0.25) is 0 Å². The Hall–Kier alpha value is -2.47. The van der Waals surface area contributed by atoms with Crippen LogP contribution in [-0.2, 0) is 14.3 Å². The lowest BCUT2D eigenvalue weighted by molar-refractivity contribution is -0.124. The first-order valence-corrected chi connectivity index (χ1v) is 8.39. The average Bonchev–Trinajstić information content (AvgIpc) is 2.58. The molecule has 0 fully saturated rings. The van der Waals surface area contributed by atoms with Gasteiger partial charge in [0, 0.05) is 24.2 Å². The van der Waals surface area contributed by atoms with Crippen LogP contribution >= 0.6 is 0 Å². The number of nitrogens with one attached hydrogen (secondary N) is 1. The fourth-order valence-corrected chi connectivity index (χ4v) is 2.36. The largest absolute Gasteiger partial charge is 0.452 e. The van der Waals surface area contributed by atoms with E-state index in [2.05, 4.69) is 10.3 Å². The first-order valence-electron chi connectivity index (χ1n) is 8.39. The molecule has 1 heterocycles. The number of hydrogen-bond acceptors (Lipinski definition) is 5. The number of ether oxygens (including phenoxy) is 2. The molecule has 0 radical (unpaired) electrons. The lowest BCUT2D eigenvalue weighted by atomic mass is 10.1. The van der Waals surface area contributed by atoms with Gasteiger partial charge < -0.3 is 14.8 Å². The summed E-state index contributed by atoms with van der Waals surface area (Å²) in [6, 6.07) is 9.02. The summed E-state index contributed by atoms with van der Waals surface area (Å²) < 4.78 is 10.5. The monoisotopic (exact) mass is 344 g/mol. The van der Waals surface area contributed by atoms with Gasteiger partial charge in [0.1, 0.15) is 0 Å². The number of aryl methyl sites for hydroxylation is 1. The fraction of sp³-hybridized carbons (Fsp3) is 0.421. The second kappa shape index (κ2) is 9.13. The van der Waals surface area contributed by atoms with Crippen molar-refractivity contribution in [2.45, 2.75) is 33.3 Å². The molecule has 0 saturated heterocycles. The Morgan fingerprint density at radius 1 is 1.24 bits per heavy atom. The smallest absolute Gasteiger partial charge is 0.339 e. The van der Waals surface area contributed by atoms with E-state index in [-0.39, 0.29) is 18.6 Å². The summed E-state index contributed by atoms with van der Waals surface area (Å²) in [4.78, 5) is 28.5. The van der Waals surface area contributed by atoms with E-state index >= 15 is 0 Å². The van der Waals surface area contributed by atoms with Gasteiger partial charge in [-0.2, -0.15) is 0 Å². The van der Waals surface area contributed by atoms with Crippen LogP contribution in [0.15, 0.2) is 30.3 Å². The van der Waals surface area contributed by atoms with Gasteiger partial charge in [0.05, 0.1) is 17.2 Å². The van der Waals surface area contributed by atoms with Gasteiger partial charge in [-0.25, -0.2) is 4.79 Å². The Morgan fingerprint density at radius 2 is 2.00 bits per heavy atom. The van der Waals surface area contributed by atoms with Crippen LogP contribution in [0.25, 0.3) is 10.9 Å². The second-order valence-corrected chi connectivity index (χ2v) is 6.03. The Labute approximate surface area is 147 Å². The zero-order chi connectivity index (χ0) is 18.2. The maximum atomic E-state index is 12.3. The van der Waals surface area contributed by atoms with E-state index in [1.165, 1.54) is 0 Å². The van der Waals surface area contributed by atoms with Crippen LogP contribution in [0.1, 0.15) is 36.3 Å². The SMILES string of the molecule is Cc1cc(C(=O)OCC(=O)NCCCOC(C)C)c2ccccc2n1. The van der Waals surface area contributed by atoms with Crippen molar-refractivity contribution < 1.29 is 19.1 Å². The van der Waals surface area contributed by atoms with Gasteiger partial charge in [-0.15, -0.1) is 0 Å². The predicted octanol–water partition coefficient (Wildman–Crippen LogP) is 2.63. The van der Waals surface area contributed by atoms with Gasteiger partial charge >= 0.3 is 5.97 Å². The third-order valence-corrected chi connectivity index (χ3v) is 3.49. The third kappa shape index (κ3) is 5.83. The maximum Gasteiger partial charge on any atom is 0.339 e. The number of benzene rings is 1. The van der Waals surface area contributed by atoms with Crippen molar-refractivity contribution in [1.82, 2.24) is 10.3 Å². The van der Waals surface area contributed by atoms with Crippen LogP contribution in [0.3, 0.4) is 0 Å². The molecule has 1 N–H and O–H groups in total. The minimum atomic E-state index is -0.528. The number of esters is 1. The first kappa shape index (κ1) is 18.9. The number of amides is 1. The topological polar surface area (TPSA) is 77.5 Å². The van der Waals surface area contributed by atoms with Crippen molar-refractivity contribution >= 4 is 22.8 Å². The van der Waals surface area contributed by atoms with Gasteiger partial charge in [0.25, 0.3) is 5.91 Å². The summed E-state index contributed by atoms with van der Waals surface area (Å²) in [6.07, 6.45) is 0.891. The second-order valence-electron chi connectivity index (χ2n) is 6.03. The normalized spacial score (nSPS) is 10.9. The molecule has 0 aliphatic heterocycles. The summed E-state index contributed by atoms with van der Waals surface area (Å²) in [7, 11) is 0. The number of aromatic nitrogens is 1. The lowest BCUT2D eigenvalue weighted by Gasteiger charge is -2.10. The van der Waals surface area contributed by atoms with Gasteiger partial charge in [0.15, 0.2) is 6.61 Å². The van der Waals surface area contributed by atoms with E-state index in [9.17, 15) is 9.59 Å². The minimum absolute atomic E-state index is 0.176. The molecule has 2 aromatic rings. The lowest BCUT2D eigenvalue weighted by Crippen LogP contribution is -2.30. The molecule has 0 saturated carbocycles. The molecule has 25 heavy (non-hydrogen) atoms. The molecular formula is C19H24N2O4. The minimum Gasteiger partial charge on any atom is -0.452 e. The van der Waals surface area contributed by atoms with Gasteiger partial charge in [-0.3, -0.25) is 9.78 Å². The molecule has 134 valence electrons. The van der Waals surface area contributed by atoms with E-state index in [0.717, 1.165) is 11.2 Å². The Balaban J connectivity index is 1.85. The van der Waals surface area contributed by atoms with Gasteiger partial charge in [-0.1, -0.05) is 18.2 Å². The standard InChI is InChI=1S/C19H24N2O4/c1-13(2)24-10-6-9-20-18(22)12-25-19(23)16-11-14(3)21-17-8-5-4-7-15(16)17/h4-5,7-8,11,13H,6,9-10,12H2,1-3H3,(H,20,22). The van der Waals surface area contributed by atoms with Crippen molar-refractivity contribution in [2.24, 2.45) is 0 Å². The summed E-state index contributed by atoms with van der Waals surface area (Å²) >= 11 is 0. The highest BCUT2D eigenvalue weighted by atomic mass is 16.5. The Morgan fingerprint density at radius 3 is 2.76 bits per heavy atom. The van der Waals surface area contributed by atoms with Crippen LogP contribution in [-0.4, -0.2) is 42.7 Å². The highest BCUT2D eigenvalue weighted by Gasteiger charge is 2.14. The molecule has 0 unspecified atom stereocenters. The number of pyridine rings is 1. The van der Waals surface area contributed by atoms with Crippen molar-refractivity contribution in [1.29, 1.82) is 0 Å². The quantitative estimate of drug-likeness (QED) is 0.588. The zero-order valence-corrected chi connectivity index (χ0v) is 14.9.